The number of hydrogen-bond donors (Lipinski definition) is 3. The zero-order chi connectivity index (χ0) is 20.9. The van der Waals surface area contributed by atoms with E-state index in [-0.39, 0.29) is 23.0 Å². The summed E-state index contributed by atoms with van der Waals surface area (Å²) in [5.74, 6) is 1.20. The van der Waals surface area contributed by atoms with Crippen molar-refractivity contribution < 1.29 is 23.1 Å². The fraction of sp³-hybridized carbons (Fsp3) is 0.550. The Morgan fingerprint density at radius 2 is 2.17 bits per heavy atom. The molecule has 3 unspecified atom stereocenters. The molecule has 29 heavy (non-hydrogen) atoms. The second-order valence-electron chi connectivity index (χ2n) is 7.47. The standard InChI is InChI=1S/C20H28N2O5S2/c1-14(16-6-5-7-17(12-16)27-13-15-9-10-15)22-29(25,26)11-4-2-3-8-18-19(23)21-20(24)28-18/h2-3,5-7,12,14-15,18,20,22,24H,4,8-11,13H2,1H3,(H,21,23). The van der Waals surface area contributed by atoms with Gasteiger partial charge in [-0.05, 0) is 56.2 Å². The number of thioether (sulfide) groups is 1. The summed E-state index contributed by atoms with van der Waals surface area (Å²) in [6, 6.07) is 7.18. The van der Waals surface area contributed by atoms with E-state index in [2.05, 4.69) is 10.0 Å². The van der Waals surface area contributed by atoms with Crippen molar-refractivity contribution in [2.24, 2.45) is 5.92 Å². The average Bonchev–Trinajstić information content (AvgIpc) is 3.44. The molecule has 1 saturated heterocycles. The van der Waals surface area contributed by atoms with Crippen LogP contribution in [0.5, 0.6) is 5.75 Å². The molecule has 3 atom stereocenters. The van der Waals surface area contributed by atoms with Crippen LogP contribution in [0.1, 0.15) is 44.2 Å². The van der Waals surface area contributed by atoms with Crippen LogP contribution in [0, 0.1) is 5.92 Å². The highest BCUT2D eigenvalue weighted by Gasteiger charge is 2.30. The molecule has 0 radical (unpaired) electrons. The van der Waals surface area contributed by atoms with Crippen LogP contribution in [0.2, 0.25) is 0 Å². The number of aliphatic hydroxyl groups excluding tert-OH is 1. The number of allylic oxidation sites excluding steroid dienone is 2. The molecule has 1 aromatic carbocycles. The topological polar surface area (TPSA) is 105 Å². The second-order valence-corrected chi connectivity index (χ2v) is 10.6. The molecule has 7 nitrogen and oxygen atoms in total. The minimum absolute atomic E-state index is 0.0294. The number of carbonyl (C=O) groups excluding carboxylic acids is 1. The third kappa shape index (κ3) is 7.33. The molecule has 0 bridgehead atoms. The van der Waals surface area contributed by atoms with Gasteiger partial charge in [0.25, 0.3) is 0 Å². The van der Waals surface area contributed by atoms with Crippen LogP contribution in [0.4, 0.5) is 0 Å². The van der Waals surface area contributed by atoms with E-state index in [0.717, 1.165) is 29.7 Å². The summed E-state index contributed by atoms with van der Waals surface area (Å²) in [5, 5.41) is 11.4. The monoisotopic (exact) mass is 440 g/mol. The molecule has 1 aromatic rings. The quantitative estimate of drug-likeness (QED) is 0.456. The summed E-state index contributed by atoms with van der Waals surface area (Å²) >= 11 is 1.16. The lowest BCUT2D eigenvalue weighted by molar-refractivity contribution is -0.121. The third-order valence-electron chi connectivity index (χ3n) is 4.82. The summed E-state index contributed by atoms with van der Waals surface area (Å²) in [4.78, 5) is 11.5. The lowest BCUT2D eigenvalue weighted by Crippen LogP contribution is -2.29. The fourth-order valence-corrected chi connectivity index (χ4v) is 5.11. The number of benzene rings is 1. The summed E-state index contributed by atoms with van der Waals surface area (Å²) in [7, 11) is -3.44. The van der Waals surface area contributed by atoms with Crippen LogP contribution < -0.4 is 14.8 Å². The number of sulfonamides is 1. The number of carbonyl (C=O) groups is 1. The molecule has 2 fully saturated rings. The predicted octanol–water partition coefficient (Wildman–Crippen LogP) is 2.30. The first-order chi connectivity index (χ1) is 13.8. The van der Waals surface area contributed by atoms with Gasteiger partial charge < -0.3 is 15.2 Å². The minimum atomic E-state index is -3.44. The van der Waals surface area contributed by atoms with Crippen molar-refractivity contribution in [3.63, 3.8) is 0 Å². The second kappa shape index (κ2) is 9.97. The van der Waals surface area contributed by atoms with E-state index in [0.29, 0.717) is 18.8 Å². The van der Waals surface area contributed by atoms with E-state index in [9.17, 15) is 18.3 Å². The van der Waals surface area contributed by atoms with Crippen molar-refractivity contribution in [3.05, 3.63) is 42.0 Å². The number of nitrogens with one attached hydrogen (secondary N) is 2. The highest BCUT2D eigenvalue weighted by Crippen LogP contribution is 2.30. The van der Waals surface area contributed by atoms with Gasteiger partial charge in [-0.1, -0.05) is 36.0 Å². The van der Waals surface area contributed by atoms with E-state index in [1.807, 2.05) is 31.2 Å². The van der Waals surface area contributed by atoms with E-state index in [4.69, 9.17) is 4.74 Å². The van der Waals surface area contributed by atoms with E-state index >= 15 is 0 Å². The maximum absolute atomic E-state index is 12.4. The Morgan fingerprint density at radius 3 is 2.86 bits per heavy atom. The lowest BCUT2D eigenvalue weighted by atomic mass is 10.1. The van der Waals surface area contributed by atoms with Crippen LogP contribution in [0.15, 0.2) is 36.4 Å². The maximum atomic E-state index is 12.4. The molecular weight excluding hydrogens is 412 g/mol. The van der Waals surface area contributed by atoms with Crippen molar-refractivity contribution in [2.75, 3.05) is 12.4 Å². The van der Waals surface area contributed by atoms with Gasteiger partial charge in [-0.15, -0.1) is 0 Å². The molecule has 1 saturated carbocycles. The summed E-state index contributed by atoms with van der Waals surface area (Å²) in [5.41, 5.74) is 0.00446. The molecule has 0 spiro atoms. The number of ether oxygens (including phenoxy) is 1. The molecule has 1 heterocycles. The zero-order valence-electron chi connectivity index (χ0n) is 16.4. The summed E-state index contributed by atoms with van der Waals surface area (Å²) in [6.45, 7) is 2.53. The Bertz CT molecular complexity index is 839. The van der Waals surface area contributed by atoms with Gasteiger partial charge in [0.2, 0.25) is 15.9 Å². The molecule has 1 aliphatic carbocycles. The van der Waals surface area contributed by atoms with Crippen molar-refractivity contribution in [1.29, 1.82) is 0 Å². The molecule has 1 aliphatic heterocycles. The summed E-state index contributed by atoms with van der Waals surface area (Å²) in [6.07, 6.45) is 6.81. The van der Waals surface area contributed by atoms with Crippen LogP contribution in [0.25, 0.3) is 0 Å². The number of hydrogen-bond acceptors (Lipinski definition) is 6. The van der Waals surface area contributed by atoms with E-state index < -0.39 is 15.6 Å². The van der Waals surface area contributed by atoms with Crippen LogP contribution in [-0.4, -0.2) is 42.6 Å². The Labute approximate surface area is 176 Å². The van der Waals surface area contributed by atoms with Crippen molar-refractivity contribution in [1.82, 2.24) is 10.0 Å². The van der Waals surface area contributed by atoms with Gasteiger partial charge >= 0.3 is 0 Å². The zero-order valence-corrected chi connectivity index (χ0v) is 18.0. The average molecular weight is 441 g/mol. The maximum Gasteiger partial charge on any atom is 0.236 e. The first kappa shape index (κ1) is 22.1. The molecule has 3 rings (SSSR count). The van der Waals surface area contributed by atoms with Gasteiger partial charge in [0.15, 0.2) is 5.56 Å². The molecule has 3 N–H and O–H groups in total. The number of aliphatic hydroxyl groups is 1. The largest absolute Gasteiger partial charge is 0.493 e. The molecule has 9 heteroatoms. The van der Waals surface area contributed by atoms with Crippen molar-refractivity contribution >= 4 is 27.7 Å². The van der Waals surface area contributed by atoms with Gasteiger partial charge in [0.1, 0.15) is 5.75 Å². The highest BCUT2D eigenvalue weighted by atomic mass is 32.2. The number of rotatable bonds is 11. The third-order valence-corrected chi connectivity index (χ3v) is 7.41. The minimum Gasteiger partial charge on any atom is -0.493 e. The van der Waals surface area contributed by atoms with Crippen molar-refractivity contribution in [2.45, 2.75) is 49.5 Å². The van der Waals surface area contributed by atoms with Crippen molar-refractivity contribution in [3.8, 4) is 5.75 Å². The van der Waals surface area contributed by atoms with Gasteiger partial charge in [0, 0.05) is 6.04 Å². The Morgan fingerprint density at radius 1 is 1.38 bits per heavy atom. The van der Waals surface area contributed by atoms with Crippen LogP contribution in [-0.2, 0) is 14.8 Å². The van der Waals surface area contributed by atoms with E-state index in [1.165, 1.54) is 12.8 Å². The molecule has 2 aliphatic rings. The van der Waals surface area contributed by atoms with E-state index in [1.54, 1.807) is 12.2 Å². The van der Waals surface area contributed by atoms with Crippen LogP contribution >= 0.6 is 11.8 Å². The molecule has 0 aromatic heterocycles. The smallest absolute Gasteiger partial charge is 0.236 e. The normalized spacial score (nSPS) is 23.3. The Hall–Kier alpha value is -1.55. The lowest BCUT2D eigenvalue weighted by Gasteiger charge is -2.15. The van der Waals surface area contributed by atoms with Gasteiger partial charge in [-0.25, -0.2) is 13.1 Å². The molecular formula is C20H28N2O5S2. The first-order valence-electron chi connectivity index (χ1n) is 9.84. The van der Waals surface area contributed by atoms with Crippen LogP contribution in [0.3, 0.4) is 0 Å². The Balaban J connectivity index is 1.43. The number of amides is 1. The SMILES string of the molecule is CC(NS(=O)(=O)CCC=CCC1SC(O)NC1=O)c1cccc(OCC2CC2)c1. The molecule has 1 amide bonds. The summed E-state index contributed by atoms with van der Waals surface area (Å²) < 4.78 is 33.2. The predicted molar refractivity (Wildman–Crippen MR) is 114 cm³/mol. The first-order valence-corrected chi connectivity index (χ1v) is 12.4. The highest BCUT2D eigenvalue weighted by molar-refractivity contribution is 8.01. The molecule has 160 valence electrons. The van der Waals surface area contributed by atoms with Gasteiger partial charge in [-0.3, -0.25) is 4.79 Å². The fourth-order valence-electron chi connectivity index (χ4n) is 2.96. The van der Waals surface area contributed by atoms with Gasteiger partial charge in [0.05, 0.1) is 17.6 Å². The van der Waals surface area contributed by atoms with Gasteiger partial charge in [-0.2, -0.15) is 0 Å². The Kier molecular flexibility index (Phi) is 7.61.